The van der Waals surface area contributed by atoms with Crippen LogP contribution in [-0.4, -0.2) is 31.0 Å². The van der Waals surface area contributed by atoms with Crippen molar-refractivity contribution < 1.29 is 0 Å². The van der Waals surface area contributed by atoms with E-state index in [2.05, 4.69) is 20.5 Å². The smallest absolute Gasteiger partial charge is 0.215 e. The molecule has 0 spiro atoms. The van der Waals surface area contributed by atoms with Crippen molar-refractivity contribution in [2.75, 3.05) is 0 Å². The van der Waals surface area contributed by atoms with Crippen LogP contribution < -0.4 is 5.73 Å². The van der Waals surface area contributed by atoms with Crippen LogP contribution in [0.1, 0.15) is 24.6 Å². The number of hydrogen-bond acceptors (Lipinski definition) is 6. The Morgan fingerprint density at radius 2 is 2.28 bits per heavy atom. The summed E-state index contributed by atoms with van der Waals surface area (Å²) in [5.41, 5.74) is 5.87. The van der Waals surface area contributed by atoms with E-state index in [-0.39, 0.29) is 5.84 Å². The molecule has 0 atom stereocenters. The lowest BCUT2D eigenvalue weighted by Gasteiger charge is -2.03. The van der Waals surface area contributed by atoms with Crippen LogP contribution >= 0.6 is 11.8 Å². The predicted molar refractivity (Wildman–Crippen MR) is 65.5 cm³/mol. The molecule has 0 unspecified atom stereocenters. The van der Waals surface area contributed by atoms with Crippen LogP contribution in [-0.2, 0) is 0 Å². The van der Waals surface area contributed by atoms with Crippen molar-refractivity contribution in [3.05, 3.63) is 23.9 Å². The Labute approximate surface area is 107 Å². The molecule has 0 aliphatic heterocycles. The SMILES string of the molecule is N=C(N)c1cccc(Sc2nnnn2C2CC2)n1. The second-order valence-corrected chi connectivity index (χ2v) is 5.00. The van der Waals surface area contributed by atoms with Crippen LogP contribution in [0.15, 0.2) is 28.4 Å². The number of rotatable bonds is 4. The zero-order valence-corrected chi connectivity index (χ0v) is 10.3. The third-order valence-electron chi connectivity index (χ3n) is 2.55. The van der Waals surface area contributed by atoms with Gasteiger partial charge in [0, 0.05) is 0 Å². The average Bonchev–Trinajstić information content (AvgIpc) is 3.11. The van der Waals surface area contributed by atoms with Crippen molar-refractivity contribution in [3.8, 4) is 0 Å². The number of nitrogens with zero attached hydrogens (tertiary/aromatic N) is 5. The first-order chi connectivity index (χ1) is 8.74. The van der Waals surface area contributed by atoms with Crippen molar-refractivity contribution in [3.63, 3.8) is 0 Å². The van der Waals surface area contributed by atoms with Crippen LogP contribution in [0.4, 0.5) is 0 Å². The summed E-state index contributed by atoms with van der Waals surface area (Å²) in [7, 11) is 0. The fourth-order valence-corrected chi connectivity index (χ4v) is 2.35. The maximum atomic E-state index is 7.36. The fraction of sp³-hybridized carbons (Fsp3) is 0.300. The number of tetrazole rings is 1. The third-order valence-corrected chi connectivity index (χ3v) is 3.44. The summed E-state index contributed by atoms with van der Waals surface area (Å²) in [4.78, 5) is 4.27. The molecule has 2 heterocycles. The van der Waals surface area contributed by atoms with E-state index >= 15 is 0 Å². The van der Waals surface area contributed by atoms with E-state index in [1.54, 1.807) is 6.07 Å². The van der Waals surface area contributed by atoms with Gasteiger partial charge in [-0.25, -0.2) is 9.67 Å². The minimum Gasteiger partial charge on any atom is -0.382 e. The monoisotopic (exact) mass is 261 g/mol. The summed E-state index contributed by atoms with van der Waals surface area (Å²) in [5.74, 6) is -0.0424. The Kier molecular flexibility index (Phi) is 2.71. The topological polar surface area (TPSA) is 106 Å². The number of pyridine rings is 1. The minimum absolute atomic E-state index is 0.0424. The van der Waals surface area contributed by atoms with E-state index in [0.717, 1.165) is 23.0 Å². The van der Waals surface area contributed by atoms with Gasteiger partial charge in [0.1, 0.15) is 16.6 Å². The summed E-state index contributed by atoms with van der Waals surface area (Å²) in [5, 5.41) is 20.5. The summed E-state index contributed by atoms with van der Waals surface area (Å²) in [6.45, 7) is 0. The molecule has 92 valence electrons. The van der Waals surface area contributed by atoms with Gasteiger partial charge >= 0.3 is 0 Å². The fourth-order valence-electron chi connectivity index (χ4n) is 1.52. The summed E-state index contributed by atoms with van der Waals surface area (Å²) >= 11 is 1.38. The maximum absolute atomic E-state index is 7.36. The average molecular weight is 261 g/mol. The Hall–Kier alpha value is -1.96. The standard InChI is InChI=1S/C10H11N7S/c11-9(12)7-2-1-3-8(13-7)18-10-14-15-16-17(10)6-4-5-6/h1-3,6H,4-5H2,(H3,11,12). The first-order valence-electron chi connectivity index (χ1n) is 5.51. The quantitative estimate of drug-likeness (QED) is 0.624. The van der Waals surface area contributed by atoms with Crippen LogP contribution in [0.25, 0.3) is 0 Å². The summed E-state index contributed by atoms with van der Waals surface area (Å²) < 4.78 is 1.83. The molecule has 18 heavy (non-hydrogen) atoms. The molecule has 2 aromatic rings. The van der Waals surface area contributed by atoms with Crippen LogP contribution in [0, 0.1) is 5.41 Å². The molecule has 1 aliphatic rings. The lowest BCUT2D eigenvalue weighted by molar-refractivity contribution is 0.565. The highest BCUT2D eigenvalue weighted by Gasteiger charge is 2.28. The molecule has 0 aromatic carbocycles. The van der Waals surface area contributed by atoms with E-state index in [4.69, 9.17) is 11.1 Å². The normalized spacial score (nSPS) is 14.7. The second-order valence-electron chi connectivity index (χ2n) is 4.01. The molecule has 3 rings (SSSR count). The lowest BCUT2D eigenvalue weighted by atomic mass is 10.3. The number of nitrogens with one attached hydrogen (secondary N) is 1. The molecular formula is C10H11N7S. The van der Waals surface area contributed by atoms with E-state index in [9.17, 15) is 0 Å². The number of nitrogen functional groups attached to an aromatic ring is 1. The van der Waals surface area contributed by atoms with Crippen molar-refractivity contribution >= 4 is 17.6 Å². The first kappa shape index (κ1) is 11.1. The van der Waals surface area contributed by atoms with E-state index in [1.807, 2.05) is 16.8 Å². The molecule has 0 radical (unpaired) electrons. The number of aromatic nitrogens is 5. The number of nitrogens with two attached hydrogens (primary N) is 1. The lowest BCUT2D eigenvalue weighted by Crippen LogP contribution is -2.13. The minimum atomic E-state index is -0.0424. The molecule has 1 fully saturated rings. The molecule has 2 aromatic heterocycles. The molecular weight excluding hydrogens is 250 g/mol. The van der Waals surface area contributed by atoms with Crippen molar-refractivity contribution in [2.24, 2.45) is 5.73 Å². The van der Waals surface area contributed by atoms with Crippen molar-refractivity contribution in [2.45, 2.75) is 29.1 Å². The highest BCUT2D eigenvalue weighted by molar-refractivity contribution is 7.99. The Morgan fingerprint density at radius 3 is 3.00 bits per heavy atom. The van der Waals surface area contributed by atoms with Crippen molar-refractivity contribution in [1.82, 2.24) is 25.2 Å². The molecule has 3 N–H and O–H groups in total. The van der Waals surface area contributed by atoms with Gasteiger partial charge in [-0.05, 0) is 47.2 Å². The molecule has 0 bridgehead atoms. The van der Waals surface area contributed by atoms with Gasteiger partial charge in [0.25, 0.3) is 0 Å². The van der Waals surface area contributed by atoms with E-state index < -0.39 is 0 Å². The van der Waals surface area contributed by atoms with Gasteiger partial charge in [0.2, 0.25) is 5.16 Å². The highest BCUT2D eigenvalue weighted by atomic mass is 32.2. The Bertz CT molecular complexity index is 589. The zero-order chi connectivity index (χ0) is 12.5. The molecule has 0 amide bonds. The van der Waals surface area contributed by atoms with Gasteiger partial charge in [-0.1, -0.05) is 6.07 Å². The molecule has 0 saturated heterocycles. The molecule has 8 heteroatoms. The number of hydrogen-bond donors (Lipinski definition) is 2. The highest BCUT2D eigenvalue weighted by Crippen LogP contribution is 2.37. The largest absolute Gasteiger partial charge is 0.382 e. The van der Waals surface area contributed by atoms with Crippen LogP contribution in [0.2, 0.25) is 0 Å². The zero-order valence-electron chi connectivity index (χ0n) is 9.45. The first-order valence-corrected chi connectivity index (χ1v) is 6.33. The van der Waals surface area contributed by atoms with Gasteiger partial charge in [-0.15, -0.1) is 5.10 Å². The summed E-state index contributed by atoms with van der Waals surface area (Å²) in [6.07, 6.45) is 2.25. The maximum Gasteiger partial charge on any atom is 0.215 e. The van der Waals surface area contributed by atoms with Gasteiger partial charge in [-0.3, -0.25) is 5.41 Å². The summed E-state index contributed by atoms with van der Waals surface area (Å²) in [6, 6.07) is 5.80. The van der Waals surface area contributed by atoms with E-state index in [1.165, 1.54) is 11.8 Å². The van der Waals surface area contributed by atoms with Gasteiger partial charge < -0.3 is 5.73 Å². The van der Waals surface area contributed by atoms with Crippen LogP contribution in [0.5, 0.6) is 0 Å². The number of amidine groups is 1. The third kappa shape index (κ3) is 2.19. The van der Waals surface area contributed by atoms with Gasteiger partial charge in [0.05, 0.1) is 6.04 Å². The Balaban J connectivity index is 1.85. The van der Waals surface area contributed by atoms with E-state index in [0.29, 0.717) is 11.7 Å². The van der Waals surface area contributed by atoms with Gasteiger partial charge in [-0.2, -0.15) is 0 Å². The molecule has 7 nitrogen and oxygen atoms in total. The second kappa shape index (κ2) is 4.37. The van der Waals surface area contributed by atoms with Crippen LogP contribution in [0.3, 0.4) is 0 Å². The molecule has 1 aliphatic carbocycles. The Morgan fingerprint density at radius 1 is 1.44 bits per heavy atom. The molecule has 1 saturated carbocycles. The predicted octanol–water partition coefficient (Wildman–Crippen LogP) is 0.838. The van der Waals surface area contributed by atoms with Crippen molar-refractivity contribution in [1.29, 1.82) is 5.41 Å². The van der Waals surface area contributed by atoms with Gasteiger partial charge in [0.15, 0.2) is 0 Å².